The first kappa shape index (κ1) is 13.5. The second kappa shape index (κ2) is 7.66. The fourth-order valence-corrected chi connectivity index (χ4v) is 2.47. The molecule has 0 aliphatic heterocycles. The monoisotopic (exact) mass is 226 g/mol. The Labute approximate surface area is 99.4 Å². The van der Waals surface area contributed by atoms with Gasteiger partial charge in [-0.25, -0.2) is 0 Å². The molecule has 1 rings (SSSR count). The van der Waals surface area contributed by atoms with Crippen LogP contribution in [0.4, 0.5) is 0 Å². The number of carbonyl (C=O) groups excluding carboxylic acids is 1. The van der Waals surface area contributed by atoms with Gasteiger partial charge < -0.3 is 10.6 Å². The number of hydrogen-bond donors (Lipinski definition) is 2. The van der Waals surface area contributed by atoms with Crippen molar-refractivity contribution >= 4 is 5.91 Å². The maximum Gasteiger partial charge on any atom is 0.221 e. The van der Waals surface area contributed by atoms with Crippen LogP contribution in [0.1, 0.15) is 46.0 Å². The van der Waals surface area contributed by atoms with E-state index >= 15 is 0 Å². The van der Waals surface area contributed by atoms with Gasteiger partial charge in [-0.1, -0.05) is 26.2 Å². The minimum absolute atomic E-state index is 0.159. The zero-order chi connectivity index (χ0) is 11.8. The molecule has 0 bridgehead atoms. The van der Waals surface area contributed by atoms with Gasteiger partial charge in [-0.2, -0.15) is 0 Å². The van der Waals surface area contributed by atoms with Crippen LogP contribution in [0, 0.1) is 11.8 Å². The molecule has 2 atom stereocenters. The Morgan fingerprint density at radius 2 is 2.06 bits per heavy atom. The number of hydrogen-bond acceptors (Lipinski definition) is 2. The van der Waals surface area contributed by atoms with Crippen molar-refractivity contribution < 1.29 is 4.79 Å². The predicted molar refractivity (Wildman–Crippen MR) is 67.3 cm³/mol. The van der Waals surface area contributed by atoms with Gasteiger partial charge in [-0.3, -0.25) is 4.79 Å². The van der Waals surface area contributed by atoms with Gasteiger partial charge in [0.05, 0.1) is 0 Å². The van der Waals surface area contributed by atoms with Gasteiger partial charge in [0.2, 0.25) is 5.91 Å². The lowest BCUT2D eigenvalue weighted by Crippen LogP contribution is -2.32. The molecule has 2 unspecified atom stereocenters. The van der Waals surface area contributed by atoms with Crippen LogP contribution >= 0.6 is 0 Å². The molecule has 0 aromatic heterocycles. The van der Waals surface area contributed by atoms with Crippen LogP contribution in [-0.4, -0.2) is 25.5 Å². The van der Waals surface area contributed by atoms with E-state index in [1.165, 1.54) is 25.7 Å². The first-order valence-electron chi connectivity index (χ1n) is 6.71. The van der Waals surface area contributed by atoms with Crippen molar-refractivity contribution in [2.45, 2.75) is 46.0 Å². The lowest BCUT2D eigenvalue weighted by Gasteiger charge is -2.28. The van der Waals surface area contributed by atoms with Crippen molar-refractivity contribution in [1.29, 1.82) is 0 Å². The molecular weight excluding hydrogens is 200 g/mol. The van der Waals surface area contributed by atoms with E-state index in [1.807, 2.05) is 6.92 Å². The average Bonchev–Trinajstić information content (AvgIpc) is 2.27. The van der Waals surface area contributed by atoms with Gasteiger partial charge >= 0.3 is 0 Å². The van der Waals surface area contributed by atoms with Crippen molar-refractivity contribution in [1.82, 2.24) is 10.6 Å². The standard InChI is InChI=1S/C13H26N2O/c1-3-15-13(16)8-9-14-10-12-7-5-4-6-11(12)2/h11-12,14H,3-10H2,1-2H3,(H,15,16). The van der Waals surface area contributed by atoms with E-state index < -0.39 is 0 Å². The molecule has 3 heteroatoms. The van der Waals surface area contributed by atoms with Gasteiger partial charge in [-0.05, 0) is 31.7 Å². The summed E-state index contributed by atoms with van der Waals surface area (Å²) in [5.74, 6) is 1.83. The third-order valence-corrected chi connectivity index (χ3v) is 3.60. The van der Waals surface area contributed by atoms with Crippen LogP contribution < -0.4 is 10.6 Å². The van der Waals surface area contributed by atoms with E-state index in [9.17, 15) is 4.79 Å². The second-order valence-electron chi connectivity index (χ2n) is 4.93. The molecule has 94 valence electrons. The van der Waals surface area contributed by atoms with Crippen LogP contribution in [0.5, 0.6) is 0 Å². The fraction of sp³-hybridized carbons (Fsp3) is 0.923. The van der Waals surface area contributed by atoms with Crippen molar-refractivity contribution in [3.8, 4) is 0 Å². The molecule has 0 aromatic carbocycles. The molecule has 0 spiro atoms. The van der Waals surface area contributed by atoms with Crippen molar-refractivity contribution in [2.24, 2.45) is 11.8 Å². The smallest absolute Gasteiger partial charge is 0.221 e. The van der Waals surface area contributed by atoms with E-state index in [-0.39, 0.29) is 5.91 Å². The lowest BCUT2D eigenvalue weighted by molar-refractivity contribution is -0.120. The Morgan fingerprint density at radius 3 is 2.75 bits per heavy atom. The fourth-order valence-electron chi connectivity index (χ4n) is 2.47. The summed E-state index contributed by atoms with van der Waals surface area (Å²) in [6.45, 7) is 6.94. The largest absolute Gasteiger partial charge is 0.356 e. The summed E-state index contributed by atoms with van der Waals surface area (Å²) in [7, 11) is 0. The van der Waals surface area contributed by atoms with E-state index in [2.05, 4.69) is 17.6 Å². The Hall–Kier alpha value is -0.570. The Bertz CT molecular complexity index is 206. The van der Waals surface area contributed by atoms with Crippen molar-refractivity contribution in [3.63, 3.8) is 0 Å². The van der Waals surface area contributed by atoms with Crippen LogP contribution in [0.3, 0.4) is 0 Å². The van der Waals surface area contributed by atoms with Gasteiger partial charge in [0.1, 0.15) is 0 Å². The summed E-state index contributed by atoms with van der Waals surface area (Å²) in [6.07, 6.45) is 6.12. The number of nitrogens with one attached hydrogen (secondary N) is 2. The molecule has 0 saturated heterocycles. The molecule has 1 saturated carbocycles. The molecule has 3 nitrogen and oxygen atoms in total. The minimum atomic E-state index is 0.159. The highest BCUT2D eigenvalue weighted by atomic mass is 16.1. The van der Waals surface area contributed by atoms with Gasteiger partial charge in [0.15, 0.2) is 0 Å². The summed E-state index contributed by atoms with van der Waals surface area (Å²) in [6, 6.07) is 0. The zero-order valence-electron chi connectivity index (χ0n) is 10.7. The van der Waals surface area contributed by atoms with Gasteiger partial charge in [0, 0.05) is 19.5 Å². The third kappa shape index (κ3) is 4.97. The van der Waals surface area contributed by atoms with E-state index in [1.54, 1.807) is 0 Å². The van der Waals surface area contributed by atoms with Crippen molar-refractivity contribution in [2.75, 3.05) is 19.6 Å². The second-order valence-corrected chi connectivity index (χ2v) is 4.93. The SMILES string of the molecule is CCNC(=O)CCNCC1CCCCC1C. The topological polar surface area (TPSA) is 41.1 Å². The molecule has 1 amide bonds. The first-order chi connectivity index (χ1) is 7.74. The van der Waals surface area contributed by atoms with Crippen LogP contribution in [0.15, 0.2) is 0 Å². The Kier molecular flexibility index (Phi) is 6.46. The molecule has 0 aromatic rings. The molecule has 0 heterocycles. The minimum Gasteiger partial charge on any atom is -0.356 e. The summed E-state index contributed by atoms with van der Waals surface area (Å²) < 4.78 is 0. The number of rotatable bonds is 6. The summed E-state index contributed by atoms with van der Waals surface area (Å²) in [5, 5.41) is 6.23. The molecule has 16 heavy (non-hydrogen) atoms. The van der Waals surface area contributed by atoms with Gasteiger partial charge in [-0.15, -0.1) is 0 Å². The normalized spacial score (nSPS) is 25.4. The molecule has 1 fully saturated rings. The number of carbonyl (C=O) groups is 1. The number of amides is 1. The van der Waals surface area contributed by atoms with E-state index in [0.717, 1.165) is 31.5 Å². The van der Waals surface area contributed by atoms with E-state index in [4.69, 9.17) is 0 Å². The highest BCUT2D eigenvalue weighted by Crippen LogP contribution is 2.28. The summed E-state index contributed by atoms with van der Waals surface area (Å²) in [5.41, 5.74) is 0. The van der Waals surface area contributed by atoms with Crippen LogP contribution in [-0.2, 0) is 4.79 Å². The molecule has 2 N–H and O–H groups in total. The molecule has 0 radical (unpaired) electrons. The Morgan fingerprint density at radius 1 is 1.31 bits per heavy atom. The quantitative estimate of drug-likeness (QED) is 0.679. The van der Waals surface area contributed by atoms with Crippen LogP contribution in [0.25, 0.3) is 0 Å². The highest BCUT2D eigenvalue weighted by molar-refractivity contribution is 5.75. The zero-order valence-corrected chi connectivity index (χ0v) is 10.7. The molecule has 1 aliphatic rings. The lowest BCUT2D eigenvalue weighted by atomic mass is 9.80. The maximum absolute atomic E-state index is 11.2. The summed E-state index contributed by atoms with van der Waals surface area (Å²) >= 11 is 0. The van der Waals surface area contributed by atoms with E-state index in [0.29, 0.717) is 6.42 Å². The van der Waals surface area contributed by atoms with Crippen molar-refractivity contribution in [3.05, 3.63) is 0 Å². The van der Waals surface area contributed by atoms with Gasteiger partial charge in [0.25, 0.3) is 0 Å². The Balaban J connectivity index is 2.03. The predicted octanol–water partition coefficient (Wildman–Crippen LogP) is 1.93. The van der Waals surface area contributed by atoms with Crippen LogP contribution in [0.2, 0.25) is 0 Å². The maximum atomic E-state index is 11.2. The first-order valence-corrected chi connectivity index (χ1v) is 6.71. The average molecular weight is 226 g/mol. The highest BCUT2D eigenvalue weighted by Gasteiger charge is 2.20. The third-order valence-electron chi connectivity index (χ3n) is 3.60. The molecule has 1 aliphatic carbocycles. The summed E-state index contributed by atoms with van der Waals surface area (Å²) in [4.78, 5) is 11.2. The molecular formula is C13H26N2O.